The minimum absolute atomic E-state index is 0.00648. The quantitative estimate of drug-likeness (QED) is 0.861. The van der Waals surface area contributed by atoms with Gasteiger partial charge < -0.3 is 20.5 Å². The Balaban J connectivity index is 1.83. The molecule has 0 bridgehead atoms. The first-order valence-corrected chi connectivity index (χ1v) is 7.33. The third-order valence-electron chi connectivity index (χ3n) is 4.14. The highest BCUT2D eigenvalue weighted by Crippen LogP contribution is 2.25. The molecular weight excluding hydrogens is 268 g/mol. The minimum Gasteiger partial charge on any atom is -0.497 e. The maximum atomic E-state index is 12.2. The van der Waals surface area contributed by atoms with Crippen LogP contribution in [0.3, 0.4) is 0 Å². The highest BCUT2D eigenvalue weighted by Gasteiger charge is 2.31. The Bertz CT molecular complexity index is 461. The molecule has 0 aliphatic heterocycles. The Morgan fingerprint density at radius 1 is 1.29 bits per heavy atom. The summed E-state index contributed by atoms with van der Waals surface area (Å²) < 4.78 is 10.5. The number of nitrogens with one attached hydrogen (secondary N) is 1. The molecule has 1 aliphatic carbocycles. The fourth-order valence-corrected chi connectivity index (χ4v) is 2.74. The van der Waals surface area contributed by atoms with E-state index in [4.69, 9.17) is 15.2 Å². The van der Waals surface area contributed by atoms with Gasteiger partial charge in [0.15, 0.2) is 0 Å². The van der Waals surface area contributed by atoms with Crippen molar-refractivity contribution in [2.24, 2.45) is 11.7 Å². The first kappa shape index (κ1) is 15.8. The summed E-state index contributed by atoms with van der Waals surface area (Å²) in [5, 5.41) is 2.99. The van der Waals surface area contributed by atoms with Crippen molar-refractivity contribution >= 4 is 5.91 Å². The summed E-state index contributed by atoms with van der Waals surface area (Å²) in [7, 11) is 3.29. The smallest absolute Gasteiger partial charge is 0.223 e. The van der Waals surface area contributed by atoms with E-state index in [0.717, 1.165) is 24.2 Å². The van der Waals surface area contributed by atoms with E-state index in [-0.39, 0.29) is 24.0 Å². The van der Waals surface area contributed by atoms with Crippen LogP contribution in [0.5, 0.6) is 5.75 Å². The van der Waals surface area contributed by atoms with Crippen LogP contribution in [0.1, 0.15) is 24.8 Å². The molecule has 5 nitrogen and oxygen atoms in total. The molecule has 1 aromatic carbocycles. The van der Waals surface area contributed by atoms with Crippen molar-refractivity contribution in [3.63, 3.8) is 0 Å². The average Bonchev–Trinajstić information content (AvgIpc) is 2.53. The number of ether oxygens (including phenoxy) is 2. The molecule has 0 saturated heterocycles. The lowest BCUT2D eigenvalue weighted by Gasteiger charge is -2.32. The largest absolute Gasteiger partial charge is 0.497 e. The number of carbonyl (C=O) groups is 1. The van der Waals surface area contributed by atoms with Gasteiger partial charge in [0.05, 0.1) is 13.2 Å². The minimum atomic E-state index is -0.0181. The predicted molar refractivity (Wildman–Crippen MR) is 81.0 cm³/mol. The van der Waals surface area contributed by atoms with Gasteiger partial charge in [-0.15, -0.1) is 0 Å². The Morgan fingerprint density at radius 3 is 2.62 bits per heavy atom. The first-order valence-electron chi connectivity index (χ1n) is 7.33. The van der Waals surface area contributed by atoms with Crippen LogP contribution in [0.2, 0.25) is 0 Å². The average molecular weight is 292 g/mol. The zero-order chi connectivity index (χ0) is 15.2. The number of rotatable bonds is 5. The van der Waals surface area contributed by atoms with Gasteiger partial charge >= 0.3 is 0 Å². The second-order valence-corrected chi connectivity index (χ2v) is 5.51. The fraction of sp³-hybridized carbons (Fsp3) is 0.562. The molecule has 3 atom stereocenters. The van der Waals surface area contributed by atoms with Gasteiger partial charge in [-0.3, -0.25) is 4.79 Å². The molecule has 0 unspecified atom stereocenters. The third kappa shape index (κ3) is 4.19. The SMILES string of the molecule is COc1ccc(CNC(=O)[C@H]2CC[C@@H](N)[C@H](OC)C2)cc1. The lowest BCUT2D eigenvalue weighted by atomic mass is 9.83. The van der Waals surface area contributed by atoms with Crippen molar-refractivity contribution in [3.8, 4) is 5.75 Å². The van der Waals surface area contributed by atoms with Gasteiger partial charge in [-0.2, -0.15) is 0 Å². The van der Waals surface area contributed by atoms with Gasteiger partial charge in [-0.25, -0.2) is 0 Å². The monoisotopic (exact) mass is 292 g/mol. The van der Waals surface area contributed by atoms with Crippen molar-refractivity contribution in [2.75, 3.05) is 14.2 Å². The predicted octanol–water partition coefficient (Wildman–Crippen LogP) is 1.45. The van der Waals surface area contributed by atoms with Gasteiger partial charge in [0.25, 0.3) is 0 Å². The summed E-state index contributed by atoms with van der Waals surface area (Å²) in [5.41, 5.74) is 7.03. The second-order valence-electron chi connectivity index (χ2n) is 5.51. The highest BCUT2D eigenvalue weighted by molar-refractivity contribution is 5.78. The molecule has 0 radical (unpaired) electrons. The molecular formula is C16H24N2O3. The zero-order valence-electron chi connectivity index (χ0n) is 12.7. The fourth-order valence-electron chi connectivity index (χ4n) is 2.74. The van der Waals surface area contributed by atoms with Gasteiger partial charge in [0, 0.05) is 25.6 Å². The Hall–Kier alpha value is -1.59. The number of benzene rings is 1. The Kier molecular flexibility index (Phi) is 5.59. The Morgan fingerprint density at radius 2 is 2.00 bits per heavy atom. The van der Waals surface area contributed by atoms with Crippen molar-refractivity contribution in [1.29, 1.82) is 0 Å². The van der Waals surface area contributed by atoms with E-state index < -0.39 is 0 Å². The van der Waals surface area contributed by atoms with Gasteiger partial charge in [-0.1, -0.05) is 12.1 Å². The lowest BCUT2D eigenvalue weighted by Crippen LogP contribution is -2.45. The highest BCUT2D eigenvalue weighted by atomic mass is 16.5. The number of nitrogens with two attached hydrogens (primary N) is 1. The molecule has 1 amide bonds. The van der Waals surface area contributed by atoms with Crippen LogP contribution in [-0.2, 0) is 16.1 Å². The standard InChI is InChI=1S/C16H24N2O3/c1-20-13-6-3-11(4-7-13)10-18-16(19)12-5-8-14(17)15(9-12)21-2/h3-4,6-7,12,14-15H,5,8-10,17H2,1-2H3,(H,18,19)/t12-,14+,15+/m0/s1. The summed E-state index contributed by atoms with van der Waals surface area (Å²) >= 11 is 0. The summed E-state index contributed by atoms with van der Waals surface area (Å²) in [6, 6.07) is 7.73. The van der Waals surface area contributed by atoms with Crippen LogP contribution in [0.4, 0.5) is 0 Å². The van der Waals surface area contributed by atoms with E-state index in [1.807, 2.05) is 24.3 Å². The molecule has 0 heterocycles. The summed E-state index contributed by atoms with van der Waals surface area (Å²) in [6.07, 6.45) is 2.34. The molecule has 1 fully saturated rings. The number of methoxy groups -OCH3 is 2. The molecule has 3 N–H and O–H groups in total. The van der Waals surface area contributed by atoms with Crippen LogP contribution in [0, 0.1) is 5.92 Å². The molecule has 2 rings (SSSR count). The number of amides is 1. The molecule has 116 valence electrons. The molecule has 0 aromatic heterocycles. The van der Waals surface area contributed by atoms with Crippen molar-refractivity contribution in [2.45, 2.75) is 38.0 Å². The van der Waals surface area contributed by atoms with E-state index in [0.29, 0.717) is 13.0 Å². The van der Waals surface area contributed by atoms with Crippen LogP contribution < -0.4 is 15.8 Å². The third-order valence-corrected chi connectivity index (χ3v) is 4.14. The van der Waals surface area contributed by atoms with Crippen molar-refractivity contribution in [3.05, 3.63) is 29.8 Å². The maximum absolute atomic E-state index is 12.2. The molecule has 5 heteroatoms. The van der Waals surface area contributed by atoms with Gasteiger partial charge in [-0.05, 0) is 37.0 Å². The normalized spacial score (nSPS) is 25.4. The van der Waals surface area contributed by atoms with Crippen LogP contribution in [0.25, 0.3) is 0 Å². The second kappa shape index (κ2) is 7.43. The van der Waals surface area contributed by atoms with Crippen molar-refractivity contribution in [1.82, 2.24) is 5.32 Å². The first-order chi connectivity index (χ1) is 10.1. The molecule has 1 aromatic rings. The zero-order valence-corrected chi connectivity index (χ0v) is 12.7. The van der Waals surface area contributed by atoms with Crippen LogP contribution in [0.15, 0.2) is 24.3 Å². The van der Waals surface area contributed by atoms with E-state index in [1.54, 1.807) is 14.2 Å². The van der Waals surface area contributed by atoms with Crippen molar-refractivity contribution < 1.29 is 14.3 Å². The Labute approximate surface area is 125 Å². The van der Waals surface area contributed by atoms with Gasteiger partial charge in [0.1, 0.15) is 5.75 Å². The lowest BCUT2D eigenvalue weighted by molar-refractivity contribution is -0.128. The molecule has 0 spiro atoms. The van der Waals surface area contributed by atoms with E-state index in [9.17, 15) is 4.79 Å². The molecule has 1 saturated carbocycles. The number of hydrogen-bond acceptors (Lipinski definition) is 4. The van der Waals surface area contributed by atoms with Crippen LogP contribution >= 0.6 is 0 Å². The van der Waals surface area contributed by atoms with E-state index in [1.165, 1.54) is 0 Å². The summed E-state index contributed by atoms with van der Waals surface area (Å²) in [5.74, 6) is 0.891. The number of carbonyl (C=O) groups excluding carboxylic acids is 1. The summed E-state index contributed by atoms with van der Waals surface area (Å²) in [4.78, 5) is 12.2. The van der Waals surface area contributed by atoms with E-state index in [2.05, 4.69) is 5.32 Å². The summed E-state index contributed by atoms with van der Waals surface area (Å²) in [6.45, 7) is 0.531. The van der Waals surface area contributed by atoms with Gasteiger partial charge in [0.2, 0.25) is 5.91 Å². The maximum Gasteiger partial charge on any atom is 0.223 e. The molecule has 21 heavy (non-hydrogen) atoms. The van der Waals surface area contributed by atoms with Crippen LogP contribution in [-0.4, -0.2) is 32.3 Å². The number of hydrogen-bond donors (Lipinski definition) is 2. The molecule has 1 aliphatic rings. The topological polar surface area (TPSA) is 73.6 Å². The van der Waals surface area contributed by atoms with E-state index >= 15 is 0 Å².